The lowest BCUT2D eigenvalue weighted by Gasteiger charge is -2.51. The molecule has 7 rings (SSSR count). The number of ether oxygens (including phenoxy) is 1. The summed E-state index contributed by atoms with van der Waals surface area (Å²) >= 11 is 1.25. The number of carbonyl (C=O) groups is 2. The lowest BCUT2D eigenvalue weighted by atomic mass is 9.71. The second-order valence-electron chi connectivity index (χ2n) is 14.4. The van der Waals surface area contributed by atoms with Gasteiger partial charge in [0.25, 0.3) is 0 Å². The number of thiazole rings is 1. The zero-order valence-electron chi connectivity index (χ0n) is 25.8. The Morgan fingerprint density at radius 2 is 1.85 bits per heavy atom. The van der Waals surface area contributed by atoms with E-state index in [9.17, 15) is 32.3 Å². The summed E-state index contributed by atoms with van der Waals surface area (Å²) in [6.45, 7) is 6.53. The van der Waals surface area contributed by atoms with E-state index < -0.39 is 23.5 Å². The third kappa shape index (κ3) is 5.44. The third-order valence-electron chi connectivity index (χ3n) is 10.9. The molecular weight excluding hydrogens is 622 g/mol. The van der Waals surface area contributed by atoms with Crippen molar-refractivity contribution in [1.82, 2.24) is 9.88 Å². The molecule has 4 aliphatic rings. The van der Waals surface area contributed by atoms with Gasteiger partial charge in [-0.1, -0.05) is 32.0 Å². The molecule has 2 aromatic carbocycles. The van der Waals surface area contributed by atoms with Crippen molar-refractivity contribution in [1.29, 1.82) is 0 Å². The standard InChI is InChI=1S/C34H37F4N3O4S/c1-32(2)11-23(32)30(42)41-16-33(17-41)15-40(25-10-24(35)27(36)28-29(25)46-18-39-28)12-21(33)14-45-13-20-4-3-5-22(26(20)31(43)44)19-6-8-34(37,38)9-7-19/h3-5,10,18-19,21,23H,6-9,11-17H2,1-2H3,(H,43,44)/t21-,23?/m0/s1. The number of anilines is 1. The normalized spacial score (nSPS) is 24.8. The van der Waals surface area contributed by atoms with Crippen molar-refractivity contribution in [2.45, 2.75) is 64.4 Å². The Morgan fingerprint density at radius 1 is 1.13 bits per heavy atom. The van der Waals surface area contributed by atoms with E-state index in [0.717, 1.165) is 6.42 Å². The largest absolute Gasteiger partial charge is 0.478 e. The Labute approximate surface area is 268 Å². The van der Waals surface area contributed by atoms with Gasteiger partial charge in [-0.25, -0.2) is 27.3 Å². The van der Waals surface area contributed by atoms with Crippen molar-refractivity contribution in [3.8, 4) is 0 Å². The van der Waals surface area contributed by atoms with E-state index in [1.807, 2.05) is 9.80 Å². The first-order chi connectivity index (χ1) is 21.8. The van der Waals surface area contributed by atoms with Gasteiger partial charge in [-0.05, 0) is 41.7 Å². The predicted octanol–water partition coefficient (Wildman–Crippen LogP) is 7.09. The molecule has 4 fully saturated rings. The smallest absolute Gasteiger partial charge is 0.336 e. The zero-order chi connectivity index (χ0) is 32.6. The van der Waals surface area contributed by atoms with Crippen molar-refractivity contribution in [2.75, 3.05) is 37.7 Å². The van der Waals surface area contributed by atoms with Crippen molar-refractivity contribution in [3.63, 3.8) is 0 Å². The Morgan fingerprint density at radius 3 is 2.52 bits per heavy atom. The summed E-state index contributed by atoms with van der Waals surface area (Å²) in [5.41, 5.74) is 2.89. The lowest BCUT2D eigenvalue weighted by molar-refractivity contribution is -0.148. The van der Waals surface area contributed by atoms with Crippen LogP contribution in [0.25, 0.3) is 10.2 Å². The molecule has 1 amide bonds. The van der Waals surface area contributed by atoms with Crippen LogP contribution < -0.4 is 4.90 Å². The number of aromatic carboxylic acids is 1. The Balaban J connectivity index is 1.10. The number of aromatic nitrogens is 1. The molecule has 0 bridgehead atoms. The van der Waals surface area contributed by atoms with Gasteiger partial charge in [0.2, 0.25) is 11.8 Å². The van der Waals surface area contributed by atoms with Crippen LogP contribution in [-0.4, -0.2) is 65.6 Å². The van der Waals surface area contributed by atoms with E-state index in [1.54, 1.807) is 18.2 Å². The molecule has 2 atom stereocenters. The number of alkyl halides is 2. The number of benzene rings is 2. The van der Waals surface area contributed by atoms with Crippen LogP contribution in [0, 0.1) is 34.3 Å². The Bertz CT molecular complexity index is 1690. The van der Waals surface area contributed by atoms with E-state index in [1.165, 1.54) is 22.9 Å². The van der Waals surface area contributed by atoms with Gasteiger partial charge in [0, 0.05) is 62.3 Å². The number of hydrogen-bond acceptors (Lipinski definition) is 6. The molecule has 2 aliphatic carbocycles. The molecule has 2 aliphatic heterocycles. The van der Waals surface area contributed by atoms with Gasteiger partial charge in [0.1, 0.15) is 5.52 Å². The van der Waals surface area contributed by atoms with Crippen molar-refractivity contribution >= 4 is 39.1 Å². The van der Waals surface area contributed by atoms with E-state index in [-0.39, 0.29) is 84.5 Å². The van der Waals surface area contributed by atoms with E-state index >= 15 is 0 Å². The molecule has 3 heterocycles. The average Bonchev–Trinajstić information content (AvgIpc) is 3.30. The summed E-state index contributed by atoms with van der Waals surface area (Å²) < 4.78 is 63.6. The number of halogens is 4. The van der Waals surface area contributed by atoms with Crippen LogP contribution in [-0.2, 0) is 16.1 Å². The summed E-state index contributed by atoms with van der Waals surface area (Å²) in [4.78, 5) is 33.6. The SMILES string of the molecule is CC1(C)CC1C(=O)N1CC2(C1)CN(c1cc(F)c(F)c3ncsc13)C[C@H]2COCc1cccc(C2CCC(F)(F)CC2)c1C(=O)O. The molecule has 1 spiro atoms. The van der Waals surface area contributed by atoms with Gasteiger partial charge < -0.3 is 19.6 Å². The highest BCUT2D eigenvalue weighted by Gasteiger charge is 2.60. The van der Waals surface area contributed by atoms with E-state index in [0.29, 0.717) is 47.7 Å². The molecule has 246 valence electrons. The fraction of sp³-hybridized carbons (Fsp3) is 0.559. The van der Waals surface area contributed by atoms with Crippen LogP contribution >= 0.6 is 11.3 Å². The second-order valence-corrected chi connectivity index (χ2v) is 15.3. The monoisotopic (exact) mass is 659 g/mol. The number of hydrogen-bond donors (Lipinski definition) is 1. The molecule has 2 saturated heterocycles. The highest BCUT2D eigenvalue weighted by Crippen LogP contribution is 2.55. The molecule has 0 radical (unpaired) electrons. The summed E-state index contributed by atoms with van der Waals surface area (Å²) in [5, 5.41) is 10.2. The number of carboxylic acid groups (broad SMARTS) is 1. The van der Waals surface area contributed by atoms with Crippen LogP contribution in [0.4, 0.5) is 23.2 Å². The number of nitrogens with zero attached hydrogens (tertiary/aromatic N) is 3. The highest BCUT2D eigenvalue weighted by atomic mass is 32.1. The fourth-order valence-electron chi connectivity index (χ4n) is 7.97. The first-order valence-electron chi connectivity index (χ1n) is 15.8. The van der Waals surface area contributed by atoms with Crippen LogP contribution in [0.5, 0.6) is 0 Å². The van der Waals surface area contributed by atoms with Gasteiger partial charge >= 0.3 is 5.97 Å². The third-order valence-corrected chi connectivity index (χ3v) is 11.7. The summed E-state index contributed by atoms with van der Waals surface area (Å²) in [6, 6.07) is 6.38. The minimum absolute atomic E-state index is 0.00195. The number of fused-ring (bicyclic) bond motifs is 1. The molecule has 2 saturated carbocycles. The van der Waals surface area contributed by atoms with Crippen LogP contribution in [0.3, 0.4) is 0 Å². The molecule has 1 aromatic heterocycles. The summed E-state index contributed by atoms with van der Waals surface area (Å²) in [6.07, 6.45) is 0.785. The van der Waals surface area contributed by atoms with Gasteiger partial charge in [-0.15, -0.1) is 11.3 Å². The van der Waals surface area contributed by atoms with Gasteiger partial charge in [-0.2, -0.15) is 0 Å². The maximum Gasteiger partial charge on any atom is 0.336 e. The maximum atomic E-state index is 14.7. The fourth-order valence-corrected chi connectivity index (χ4v) is 8.79. The first kappa shape index (κ1) is 31.4. The number of carboxylic acids is 1. The summed E-state index contributed by atoms with van der Waals surface area (Å²) in [5.74, 6) is -5.94. The first-order valence-corrected chi connectivity index (χ1v) is 16.7. The highest BCUT2D eigenvalue weighted by molar-refractivity contribution is 7.17. The number of rotatable bonds is 8. The van der Waals surface area contributed by atoms with E-state index in [4.69, 9.17) is 4.74 Å². The molecule has 3 aromatic rings. The van der Waals surface area contributed by atoms with Gasteiger partial charge in [-0.3, -0.25) is 4.79 Å². The second kappa shape index (κ2) is 11.2. The number of likely N-dealkylation sites (tertiary alicyclic amines) is 1. The Kier molecular flexibility index (Phi) is 7.62. The molecule has 12 heteroatoms. The maximum absolute atomic E-state index is 14.7. The lowest BCUT2D eigenvalue weighted by Crippen LogP contribution is -2.63. The molecular formula is C34H37F4N3O4S. The Hall–Kier alpha value is -3.25. The van der Waals surface area contributed by atoms with Gasteiger partial charge in [0.05, 0.1) is 34.7 Å². The predicted molar refractivity (Wildman–Crippen MR) is 165 cm³/mol. The van der Waals surface area contributed by atoms with Crippen LogP contribution in [0.1, 0.15) is 73.4 Å². The van der Waals surface area contributed by atoms with Crippen LogP contribution in [0.2, 0.25) is 0 Å². The minimum atomic E-state index is -2.71. The van der Waals surface area contributed by atoms with Gasteiger partial charge in [0.15, 0.2) is 11.6 Å². The topological polar surface area (TPSA) is 83.0 Å². The van der Waals surface area contributed by atoms with Crippen molar-refractivity contribution < 1.29 is 37.0 Å². The quantitative estimate of drug-likeness (QED) is 0.260. The molecule has 1 N–H and O–H groups in total. The van der Waals surface area contributed by atoms with Crippen molar-refractivity contribution in [2.24, 2.45) is 22.7 Å². The average molecular weight is 660 g/mol. The molecule has 7 nitrogen and oxygen atoms in total. The zero-order valence-corrected chi connectivity index (χ0v) is 26.6. The molecule has 46 heavy (non-hydrogen) atoms. The summed E-state index contributed by atoms with van der Waals surface area (Å²) in [7, 11) is 0. The van der Waals surface area contributed by atoms with E-state index in [2.05, 4.69) is 18.8 Å². The number of amides is 1. The van der Waals surface area contributed by atoms with Crippen molar-refractivity contribution in [3.05, 3.63) is 58.1 Å². The van der Waals surface area contributed by atoms with Crippen LogP contribution in [0.15, 0.2) is 29.8 Å². The minimum Gasteiger partial charge on any atom is -0.478 e. The number of carbonyl (C=O) groups excluding carboxylic acids is 1. The molecule has 1 unspecified atom stereocenters.